The van der Waals surface area contributed by atoms with E-state index in [1.54, 1.807) is 11.8 Å². The Kier molecular flexibility index (Phi) is 7.25. The summed E-state index contributed by atoms with van der Waals surface area (Å²) >= 11 is 0. The second kappa shape index (κ2) is 8.74. The quantitative estimate of drug-likeness (QED) is 0.524. The van der Waals surface area contributed by atoms with Gasteiger partial charge in [0.1, 0.15) is 6.61 Å². The Balaban J connectivity index is 2.33. The van der Waals surface area contributed by atoms with Crippen molar-refractivity contribution in [2.45, 2.75) is 45.8 Å². The molecule has 0 aromatic carbocycles. The van der Waals surface area contributed by atoms with Crippen LogP contribution in [0.5, 0.6) is 0 Å². The molecular weight excluding hydrogens is 250 g/mol. The second-order valence-electron chi connectivity index (χ2n) is 4.39. The molecule has 1 fully saturated rings. The van der Waals surface area contributed by atoms with Crippen molar-refractivity contribution in [1.82, 2.24) is 4.90 Å². The maximum atomic E-state index is 11.9. The SMILES string of the molecule is CCCCOCC(=O)N1CCCC1OC(=O)OCC. The average Bonchev–Trinajstić information content (AvgIpc) is 2.83. The highest BCUT2D eigenvalue weighted by Gasteiger charge is 2.31. The van der Waals surface area contributed by atoms with Gasteiger partial charge in [-0.3, -0.25) is 4.79 Å². The third-order valence-electron chi connectivity index (χ3n) is 2.88. The van der Waals surface area contributed by atoms with E-state index in [0.717, 1.165) is 19.3 Å². The predicted octanol–water partition coefficient (Wildman–Crippen LogP) is 1.92. The summed E-state index contributed by atoms with van der Waals surface area (Å²) in [4.78, 5) is 24.7. The number of likely N-dealkylation sites (tertiary alicyclic amines) is 1. The molecule has 1 atom stereocenters. The number of ether oxygens (including phenoxy) is 3. The molecule has 0 spiro atoms. The number of amides is 1. The zero-order chi connectivity index (χ0) is 14.1. The molecule has 0 aliphatic carbocycles. The van der Waals surface area contributed by atoms with Crippen LogP contribution in [0, 0.1) is 0 Å². The Hall–Kier alpha value is -1.30. The van der Waals surface area contributed by atoms with E-state index in [0.29, 0.717) is 19.6 Å². The fraction of sp³-hybridized carbons (Fsp3) is 0.846. The number of carbonyl (C=O) groups excluding carboxylic acids is 2. The maximum absolute atomic E-state index is 11.9. The zero-order valence-corrected chi connectivity index (χ0v) is 11.7. The first-order valence-corrected chi connectivity index (χ1v) is 6.89. The fourth-order valence-electron chi connectivity index (χ4n) is 1.90. The Morgan fingerprint density at radius 3 is 2.79 bits per heavy atom. The summed E-state index contributed by atoms with van der Waals surface area (Å²) in [6.45, 7) is 5.26. The van der Waals surface area contributed by atoms with E-state index in [2.05, 4.69) is 6.92 Å². The molecule has 1 saturated heterocycles. The van der Waals surface area contributed by atoms with E-state index >= 15 is 0 Å². The Morgan fingerprint density at radius 2 is 2.11 bits per heavy atom. The molecule has 1 unspecified atom stereocenters. The molecule has 110 valence electrons. The van der Waals surface area contributed by atoms with Crippen LogP contribution in [-0.4, -0.2) is 49.6 Å². The van der Waals surface area contributed by atoms with Crippen LogP contribution < -0.4 is 0 Å². The molecule has 1 rings (SSSR count). The number of nitrogens with zero attached hydrogens (tertiary/aromatic N) is 1. The summed E-state index contributed by atoms with van der Waals surface area (Å²) in [6, 6.07) is 0. The molecule has 0 aromatic rings. The predicted molar refractivity (Wildman–Crippen MR) is 68.6 cm³/mol. The first kappa shape index (κ1) is 15.8. The number of unbranched alkanes of at least 4 members (excludes halogenated alkanes) is 1. The van der Waals surface area contributed by atoms with Crippen molar-refractivity contribution >= 4 is 12.1 Å². The summed E-state index contributed by atoms with van der Waals surface area (Å²) in [6.07, 6.45) is 2.22. The summed E-state index contributed by atoms with van der Waals surface area (Å²) in [5.74, 6) is -0.136. The maximum Gasteiger partial charge on any atom is 0.510 e. The minimum atomic E-state index is -0.723. The van der Waals surface area contributed by atoms with Crippen molar-refractivity contribution in [3.05, 3.63) is 0 Å². The van der Waals surface area contributed by atoms with Crippen molar-refractivity contribution in [2.75, 3.05) is 26.4 Å². The normalized spacial score (nSPS) is 18.4. The highest BCUT2D eigenvalue weighted by molar-refractivity contribution is 5.78. The summed E-state index contributed by atoms with van der Waals surface area (Å²) in [5, 5.41) is 0. The topological polar surface area (TPSA) is 65.1 Å². The van der Waals surface area contributed by atoms with Gasteiger partial charge in [0.2, 0.25) is 0 Å². The van der Waals surface area contributed by atoms with Gasteiger partial charge in [-0.2, -0.15) is 0 Å². The largest absolute Gasteiger partial charge is 0.510 e. The lowest BCUT2D eigenvalue weighted by Crippen LogP contribution is -2.40. The number of hydrogen-bond acceptors (Lipinski definition) is 5. The molecule has 6 nitrogen and oxygen atoms in total. The molecule has 0 bridgehead atoms. The van der Waals surface area contributed by atoms with Crippen LogP contribution >= 0.6 is 0 Å². The highest BCUT2D eigenvalue weighted by Crippen LogP contribution is 2.19. The van der Waals surface area contributed by atoms with E-state index < -0.39 is 12.4 Å². The molecule has 0 saturated carbocycles. The van der Waals surface area contributed by atoms with Gasteiger partial charge in [-0.15, -0.1) is 0 Å². The fourth-order valence-corrected chi connectivity index (χ4v) is 1.90. The minimum Gasteiger partial charge on any atom is -0.435 e. The Morgan fingerprint density at radius 1 is 1.32 bits per heavy atom. The highest BCUT2D eigenvalue weighted by atomic mass is 16.7. The number of carbonyl (C=O) groups is 2. The average molecular weight is 273 g/mol. The van der Waals surface area contributed by atoms with Gasteiger partial charge in [-0.1, -0.05) is 13.3 Å². The van der Waals surface area contributed by atoms with E-state index in [9.17, 15) is 9.59 Å². The molecule has 6 heteroatoms. The molecule has 1 amide bonds. The van der Waals surface area contributed by atoms with Crippen molar-refractivity contribution in [1.29, 1.82) is 0 Å². The summed E-state index contributed by atoms with van der Waals surface area (Å²) < 4.78 is 15.1. The molecule has 0 N–H and O–H groups in total. The van der Waals surface area contributed by atoms with Crippen molar-refractivity contribution in [3.8, 4) is 0 Å². The van der Waals surface area contributed by atoms with Crippen LogP contribution in [0.4, 0.5) is 4.79 Å². The Bertz CT molecular complexity index is 295. The van der Waals surface area contributed by atoms with Crippen LogP contribution in [0.2, 0.25) is 0 Å². The van der Waals surface area contributed by atoms with Gasteiger partial charge in [0.15, 0.2) is 6.23 Å². The lowest BCUT2D eigenvalue weighted by molar-refractivity contribution is -0.144. The Labute approximate surface area is 114 Å². The molecule has 0 radical (unpaired) electrons. The smallest absolute Gasteiger partial charge is 0.435 e. The molecular formula is C13H23NO5. The van der Waals surface area contributed by atoms with Crippen LogP contribution in [-0.2, 0) is 19.0 Å². The third kappa shape index (κ3) is 5.46. The monoisotopic (exact) mass is 273 g/mol. The summed E-state index contributed by atoms with van der Waals surface area (Å²) in [7, 11) is 0. The lowest BCUT2D eigenvalue weighted by Gasteiger charge is -2.23. The standard InChI is InChI=1S/C13H23NO5/c1-3-5-9-17-10-11(15)14-8-6-7-12(14)19-13(16)18-4-2/h12H,3-10H2,1-2H3. The van der Waals surface area contributed by atoms with E-state index in [4.69, 9.17) is 14.2 Å². The van der Waals surface area contributed by atoms with Crippen molar-refractivity contribution in [2.24, 2.45) is 0 Å². The van der Waals surface area contributed by atoms with E-state index in [1.165, 1.54) is 0 Å². The number of rotatable bonds is 7. The number of hydrogen-bond donors (Lipinski definition) is 0. The van der Waals surface area contributed by atoms with Crippen LogP contribution in [0.15, 0.2) is 0 Å². The summed E-state index contributed by atoms with van der Waals surface area (Å²) in [5.41, 5.74) is 0. The van der Waals surface area contributed by atoms with Crippen LogP contribution in [0.25, 0.3) is 0 Å². The molecule has 0 aromatic heterocycles. The van der Waals surface area contributed by atoms with Gasteiger partial charge < -0.3 is 19.1 Å². The first-order valence-electron chi connectivity index (χ1n) is 6.89. The van der Waals surface area contributed by atoms with Crippen LogP contribution in [0.3, 0.4) is 0 Å². The molecule has 1 aliphatic heterocycles. The van der Waals surface area contributed by atoms with Gasteiger partial charge >= 0.3 is 6.16 Å². The van der Waals surface area contributed by atoms with E-state index in [1.807, 2.05) is 0 Å². The van der Waals surface area contributed by atoms with Crippen molar-refractivity contribution < 1.29 is 23.8 Å². The molecule has 1 aliphatic rings. The third-order valence-corrected chi connectivity index (χ3v) is 2.88. The zero-order valence-electron chi connectivity index (χ0n) is 11.7. The van der Waals surface area contributed by atoms with Crippen LogP contribution in [0.1, 0.15) is 39.5 Å². The lowest BCUT2D eigenvalue weighted by atomic mass is 10.4. The minimum absolute atomic E-state index is 0.0443. The van der Waals surface area contributed by atoms with Gasteiger partial charge in [0.05, 0.1) is 6.61 Å². The van der Waals surface area contributed by atoms with Crippen molar-refractivity contribution in [3.63, 3.8) is 0 Å². The first-order chi connectivity index (χ1) is 9.19. The van der Waals surface area contributed by atoms with Gasteiger partial charge in [0, 0.05) is 19.6 Å². The second-order valence-corrected chi connectivity index (χ2v) is 4.39. The van der Waals surface area contributed by atoms with Gasteiger partial charge in [-0.05, 0) is 19.8 Å². The van der Waals surface area contributed by atoms with E-state index in [-0.39, 0.29) is 19.1 Å². The van der Waals surface area contributed by atoms with Gasteiger partial charge in [0.25, 0.3) is 5.91 Å². The molecule has 19 heavy (non-hydrogen) atoms. The molecule has 1 heterocycles. The van der Waals surface area contributed by atoms with Gasteiger partial charge in [-0.25, -0.2) is 4.79 Å².